The van der Waals surface area contributed by atoms with Crippen LogP contribution in [-0.4, -0.2) is 0 Å². The maximum atomic E-state index is 7.43. The first-order valence-corrected chi connectivity index (χ1v) is 27.5. The van der Waals surface area contributed by atoms with Crippen LogP contribution in [0.3, 0.4) is 0 Å². The fourth-order valence-electron chi connectivity index (χ4n) is 13.4. The molecule has 12 aromatic rings. The van der Waals surface area contributed by atoms with Gasteiger partial charge in [0, 0.05) is 39.4 Å². The van der Waals surface area contributed by atoms with E-state index in [2.05, 4.69) is 294 Å². The first-order valence-electron chi connectivity index (χ1n) is 27.5. The van der Waals surface area contributed by atoms with Gasteiger partial charge in [-0.3, -0.25) is 0 Å². The van der Waals surface area contributed by atoms with Crippen molar-refractivity contribution in [1.82, 2.24) is 0 Å². The average molecular weight is 1000 g/mol. The molecule has 0 radical (unpaired) electrons. The standard InChI is InChI=1S/C75H58N2O/c1-73(2,3)52-30-36-55(37-31-52)77(54-34-27-50(28-35-54)48-19-11-8-12-20-48)68-46-67-70(72-71(68)61-22-14-16-24-69(61)78-72)60-41-38-57-45-66(60)75(67)64-23-15-13-21-58(64)59-40-29-51(43-65(59)75)62-44-56(39-42-63(62)74(4,5)6)76(57)53-32-25-49(26-33-53)47-17-9-7-10-18-47/h7-46H,1-6H3. The molecule has 2 heterocycles. The molecular weight excluding hydrogens is 945 g/mol. The Morgan fingerprint density at radius 1 is 0.385 bits per heavy atom. The number of nitrogens with zero attached hydrogens (tertiary/aromatic N) is 2. The average Bonchev–Trinajstić information content (AvgIpc) is 4.29. The van der Waals surface area contributed by atoms with E-state index in [1.807, 2.05) is 0 Å². The van der Waals surface area contributed by atoms with Gasteiger partial charge in [-0.15, -0.1) is 0 Å². The minimum absolute atomic E-state index is 0.0153. The maximum absolute atomic E-state index is 7.43. The Balaban J connectivity index is 1.06. The van der Waals surface area contributed by atoms with Crippen LogP contribution in [0, 0.1) is 0 Å². The van der Waals surface area contributed by atoms with Crippen molar-refractivity contribution in [2.45, 2.75) is 57.8 Å². The molecule has 0 saturated heterocycles. The largest absolute Gasteiger partial charge is 0.455 e. The van der Waals surface area contributed by atoms with Crippen LogP contribution in [0.15, 0.2) is 247 Å². The molecule has 15 rings (SSSR count). The predicted octanol–water partition coefficient (Wildman–Crippen LogP) is 20.8. The van der Waals surface area contributed by atoms with Crippen LogP contribution in [0.1, 0.15) is 74.9 Å². The molecule has 11 aromatic carbocycles. The summed E-state index contributed by atoms with van der Waals surface area (Å²) in [5.74, 6) is 0. The van der Waals surface area contributed by atoms with Crippen LogP contribution < -0.4 is 9.80 Å². The van der Waals surface area contributed by atoms with Crippen molar-refractivity contribution in [3.05, 3.63) is 276 Å². The van der Waals surface area contributed by atoms with Crippen molar-refractivity contribution in [2.75, 3.05) is 9.80 Å². The monoisotopic (exact) mass is 1000 g/mol. The molecule has 1 spiro atoms. The summed E-state index contributed by atoms with van der Waals surface area (Å²) in [6, 6.07) is 91.0. The van der Waals surface area contributed by atoms with E-state index in [-0.39, 0.29) is 10.8 Å². The molecular formula is C75H58N2O. The van der Waals surface area contributed by atoms with Crippen LogP contribution in [-0.2, 0) is 16.2 Å². The first-order chi connectivity index (χ1) is 37.9. The molecule has 0 amide bonds. The fraction of sp³-hybridized carbons (Fsp3) is 0.120. The fourth-order valence-corrected chi connectivity index (χ4v) is 13.4. The van der Waals surface area contributed by atoms with Crippen molar-refractivity contribution in [3.8, 4) is 55.6 Å². The number of rotatable bonds is 6. The van der Waals surface area contributed by atoms with Crippen LogP contribution >= 0.6 is 0 Å². The van der Waals surface area contributed by atoms with Crippen molar-refractivity contribution >= 4 is 56.1 Å². The molecule has 2 aliphatic carbocycles. The normalized spacial score (nSPS) is 14.8. The summed E-state index contributed by atoms with van der Waals surface area (Å²) in [5.41, 5.74) is 27.1. The lowest BCUT2D eigenvalue weighted by Crippen LogP contribution is -2.26. The molecule has 1 atom stereocenters. The molecule has 3 heteroatoms. The van der Waals surface area contributed by atoms with E-state index < -0.39 is 5.41 Å². The van der Waals surface area contributed by atoms with E-state index in [0.29, 0.717) is 0 Å². The molecule has 1 aliphatic heterocycles. The van der Waals surface area contributed by atoms with Gasteiger partial charge in [-0.25, -0.2) is 0 Å². The molecule has 0 saturated carbocycles. The van der Waals surface area contributed by atoms with Crippen molar-refractivity contribution in [3.63, 3.8) is 0 Å². The lowest BCUT2D eigenvalue weighted by atomic mass is 9.69. The van der Waals surface area contributed by atoms with Gasteiger partial charge in [0.15, 0.2) is 0 Å². The molecule has 0 fully saturated rings. The highest BCUT2D eigenvalue weighted by atomic mass is 16.3. The summed E-state index contributed by atoms with van der Waals surface area (Å²) in [6.07, 6.45) is 0. The number of hydrogen-bond donors (Lipinski definition) is 0. The van der Waals surface area contributed by atoms with Crippen molar-refractivity contribution in [2.24, 2.45) is 0 Å². The van der Waals surface area contributed by atoms with Gasteiger partial charge >= 0.3 is 0 Å². The molecule has 78 heavy (non-hydrogen) atoms. The number of furan rings is 1. The second-order valence-corrected chi connectivity index (χ2v) is 23.7. The first kappa shape index (κ1) is 46.1. The number of anilines is 6. The summed E-state index contributed by atoms with van der Waals surface area (Å²) < 4.78 is 7.43. The second-order valence-electron chi connectivity index (χ2n) is 23.7. The molecule has 1 unspecified atom stereocenters. The third-order valence-electron chi connectivity index (χ3n) is 17.1. The molecule has 1 aromatic heterocycles. The van der Waals surface area contributed by atoms with Crippen LogP contribution in [0.5, 0.6) is 0 Å². The Kier molecular flexibility index (Phi) is 10.0. The van der Waals surface area contributed by atoms with Gasteiger partial charge in [0.1, 0.15) is 11.2 Å². The Bertz CT molecular complexity index is 4360. The second kappa shape index (κ2) is 16.9. The third-order valence-corrected chi connectivity index (χ3v) is 17.1. The Labute approximate surface area is 457 Å². The van der Waals surface area contributed by atoms with Gasteiger partial charge in [0.25, 0.3) is 0 Å². The lowest BCUT2D eigenvalue weighted by molar-refractivity contribution is 0.590. The number of benzene rings is 11. The topological polar surface area (TPSA) is 19.6 Å². The van der Waals surface area contributed by atoms with Crippen molar-refractivity contribution in [1.29, 1.82) is 0 Å². The van der Waals surface area contributed by atoms with Gasteiger partial charge in [-0.05, 0) is 173 Å². The minimum atomic E-state index is -0.731. The maximum Gasteiger partial charge on any atom is 0.145 e. The highest BCUT2D eigenvalue weighted by molar-refractivity contribution is 6.20. The zero-order chi connectivity index (χ0) is 52.7. The van der Waals surface area contributed by atoms with E-state index >= 15 is 0 Å². The van der Waals surface area contributed by atoms with E-state index in [4.69, 9.17) is 4.42 Å². The van der Waals surface area contributed by atoms with Gasteiger partial charge in [-0.1, -0.05) is 205 Å². The predicted molar refractivity (Wildman–Crippen MR) is 327 cm³/mol. The van der Waals surface area contributed by atoms with Gasteiger partial charge in [-0.2, -0.15) is 0 Å². The summed E-state index contributed by atoms with van der Waals surface area (Å²) in [4.78, 5) is 4.96. The highest BCUT2D eigenvalue weighted by Crippen LogP contribution is 2.67. The van der Waals surface area contributed by atoms with Crippen LogP contribution in [0.4, 0.5) is 34.1 Å². The zero-order valence-electron chi connectivity index (χ0n) is 44.9. The van der Waals surface area contributed by atoms with E-state index in [1.54, 1.807) is 0 Å². The van der Waals surface area contributed by atoms with Crippen molar-refractivity contribution < 1.29 is 4.42 Å². The quantitative estimate of drug-likeness (QED) is 0.165. The smallest absolute Gasteiger partial charge is 0.145 e. The van der Waals surface area contributed by atoms with Crippen LogP contribution in [0.2, 0.25) is 0 Å². The molecule has 374 valence electrons. The highest BCUT2D eigenvalue weighted by Gasteiger charge is 2.54. The molecule has 6 bridgehead atoms. The van der Waals surface area contributed by atoms with Gasteiger partial charge < -0.3 is 14.2 Å². The molecule has 3 aliphatic rings. The Hall–Kier alpha value is -9.18. The summed E-state index contributed by atoms with van der Waals surface area (Å²) in [7, 11) is 0. The Morgan fingerprint density at radius 3 is 1.62 bits per heavy atom. The van der Waals surface area contributed by atoms with Gasteiger partial charge in [0.05, 0.1) is 16.5 Å². The number of para-hydroxylation sites is 1. The number of fused-ring (bicyclic) bond motifs is 13. The minimum Gasteiger partial charge on any atom is -0.455 e. The summed E-state index contributed by atoms with van der Waals surface area (Å²) >= 11 is 0. The number of hydrogen-bond acceptors (Lipinski definition) is 3. The van der Waals surface area contributed by atoms with E-state index in [0.717, 1.165) is 61.6 Å². The lowest BCUT2D eigenvalue weighted by Gasteiger charge is -2.33. The van der Waals surface area contributed by atoms with E-state index in [1.165, 1.54) is 83.5 Å². The van der Waals surface area contributed by atoms with Crippen LogP contribution in [0.25, 0.3) is 77.6 Å². The Morgan fingerprint density at radius 2 is 0.923 bits per heavy atom. The zero-order valence-corrected chi connectivity index (χ0v) is 44.9. The van der Waals surface area contributed by atoms with E-state index in [9.17, 15) is 0 Å². The summed E-state index contributed by atoms with van der Waals surface area (Å²) in [5, 5.41) is 2.18. The third kappa shape index (κ3) is 6.83. The summed E-state index contributed by atoms with van der Waals surface area (Å²) in [6.45, 7) is 13.9. The molecule has 0 N–H and O–H groups in total. The SMILES string of the molecule is CC(C)(C)c1ccc(N(c2ccc(-c3ccccc3)cc2)c2cc3c(c4oc5ccccc5c24)-c2ccc4cc2C32c3ccccc3-c3ccc(cc32)-c2cc(ccc2C(C)(C)C)N4c2ccc(-c3ccccc3)cc2)cc1. The van der Waals surface area contributed by atoms with Gasteiger partial charge in [0.2, 0.25) is 0 Å². The molecule has 3 nitrogen and oxygen atoms in total.